The van der Waals surface area contributed by atoms with Crippen molar-refractivity contribution in [1.29, 1.82) is 0 Å². The third-order valence-electron chi connectivity index (χ3n) is 5.58. The molecule has 5 nitrogen and oxygen atoms in total. The van der Waals surface area contributed by atoms with Crippen molar-refractivity contribution >= 4 is 23.3 Å². The Hall–Kier alpha value is -2.95. The summed E-state index contributed by atoms with van der Waals surface area (Å²) in [4.78, 5) is 31.5. The van der Waals surface area contributed by atoms with Crippen molar-refractivity contribution in [2.24, 2.45) is 10.9 Å². The molecule has 0 aromatic heterocycles. The van der Waals surface area contributed by atoms with Gasteiger partial charge in [0.1, 0.15) is 6.04 Å². The standard InChI is InChI=1S/C24H28N2O3/c1-4-17(5-2)23-24(29)26(14-13-21(27)28)20-12-11-16(3)15-19(20)22(25-23)18-9-7-6-8-10-18/h6-12,15,17,23H,4-5,13-14H2,1-3H3,(H,27,28)/t23-/m0/s1. The lowest BCUT2D eigenvalue weighted by molar-refractivity contribution is -0.136. The van der Waals surface area contributed by atoms with Gasteiger partial charge in [-0.25, -0.2) is 0 Å². The van der Waals surface area contributed by atoms with Crippen LogP contribution in [0.15, 0.2) is 53.5 Å². The van der Waals surface area contributed by atoms with Crippen molar-refractivity contribution in [3.63, 3.8) is 0 Å². The lowest BCUT2D eigenvalue weighted by Crippen LogP contribution is -2.42. The van der Waals surface area contributed by atoms with E-state index in [-0.39, 0.29) is 24.8 Å². The molecule has 0 aliphatic carbocycles. The number of aryl methyl sites for hydroxylation is 1. The number of benzene rings is 2. The van der Waals surface area contributed by atoms with Gasteiger partial charge in [-0.3, -0.25) is 14.6 Å². The minimum Gasteiger partial charge on any atom is -0.481 e. The zero-order chi connectivity index (χ0) is 21.0. The van der Waals surface area contributed by atoms with Gasteiger partial charge in [-0.2, -0.15) is 0 Å². The van der Waals surface area contributed by atoms with Crippen LogP contribution in [0.25, 0.3) is 0 Å². The Kier molecular flexibility index (Phi) is 6.47. The van der Waals surface area contributed by atoms with Crippen LogP contribution in [0.4, 0.5) is 5.69 Å². The second-order valence-corrected chi connectivity index (χ2v) is 7.52. The molecule has 3 rings (SSSR count). The van der Waals surface area contributed by atoms with Crippen LogP contribution < -0.4 is 4.90 Å². The third-order valence-corrected chi connectivity index (χ3v) is 5.58. The van der Waals surface area contributed by atoms with Gasteiger partial charge in [0.25, 0.3) is 5.91 Å². The van der Waals surface area contributed by atoms with Gasteiger partial charge < -0.3 is 10.0 Å². The van der Waals surface area contributed by atoms with Crippen molar-refractivity contribution in [2.45, 2.75) is 46.1 Å². The first-order valence-corrected chi connectivity index (χ1v) is 10.2. The fourth-order valence-corrected chi connectivity index (χ4v) is 3.92. The Bertz CT molecular complexity index is 917. The molecule has 1 heterocycles. The van der Waals surface area contributed by atoms with Crippen molar-refractivity contribution in [1.82, 2.24) is 0 Å². The maximum Gasteiger partial charge on any atom is 0.305 e. The second kappa shape index (κ2) is 9.03. The van der Waals surface area contributed by atoms with Crippen LogP contribution in [-0.2, 0) is 9.59 Å². The SMILES string of the molecule is CCC(CC)[C@@H]1N=C(c2ccccc2)c2cc(C)ccc2N(CCC(=O)O)C1=O. The topological polar surface area (TPSA) is 70.0 Å². The molecule has 0 saturated heterocycles. The van der Waals surface area contributed by atoms with Gasteiger partial charge in [-0.05, 0) is 25.0 Å². The molecule has 29 heavy (non-hydrogen) atoms. The highest BCUT2D eigenvalue weighted by Gasteiger charge is 2.35. The zero-order valence-corrected chi connectivity index (χ0v) is 17.3. The number of benzodiazepines with no additional fused rings is 1. The van der Waals surface area contributed by atoms with Crippen molar-refractivity contribution in [3.05, 3.63) is 65.2 Å². The number of amides is 1. The highest BCUT2D eigenvalue weighted by molar-refractivity contribution is 6.20. The van der Waals surface area contributed by atoms with Gasteiger partial charge >= 0.3 is 5.97 Å². The van der Waals surface area contributed by atoms with Crippen LogP contribution in [0, 0.1) is 12.8 Å². The molecular formula is C24H28N2O3. The molecule has 5 heteroatoms. The Labute approximate surface area is 172 Å². The number of aliphatic carboxylic acids is 1. The molecule has 0 saturated carbocycles. The quantitative estimate of drug-likeness (QED) is 0.756. The molecule has 1 aliphatic heterocycles. The fourth-order valence-electron chi connectivity index (χ4n) is 3.92. The average molecular weight is 392 g/mol. The fraction of sp³-hybridized carbons (Fsp3) is 0.375. The summed E-state index contributed by atoms with van der Waals surface area (Å²) in [6.07, 6.45) is 1.57. The van der Waals surface area contributed by atoms with E-state index in [1.165, 1.54) is 0 Å². The van der Waals surface area contributed by atoms with E-state index < -0.39 is 12.0 Å². The molecule has 0 bridgehead atoms. The Morgan fingerprint density at radius 3 is 2.45 bits per heavy atom. The minimum absolute atomic E-state index is 0.101. The molecule has 0 spiro atoms. The predicted octanol–water partition coefficient (Wildman–Crippen LogP) is 4.46. The molecule has 1 N–H and O–H groups in total. The van der Waals surface area contributed by atoms with Crippen LogP contribution >= 0.6 is 0 Å². The largest absolute Gasteiger partial charge is 0.481 e. The van der Waals surface area contributed by atoms with Gasteiger partial charge in [0.15, 0.2) is 0 Å². The van der Waals surface area contributed by atoms with Crippen molar-refractivity contribution in [2.75, 3.05) is 11.4 Å². The summed E-state index contributed by atoms with van der Waals surface area (Å²) in [5.74, 6) is -0.932. The van der Waals surface area contributed by atoms with Crippen LogP contribution in [0.1, 0.15) is 49.8 Å². The first-order valence-electron chi connectivity index (χ1n) is 10.2. The molecule has 2 aromatic rings. The number of carbonyl (C=O) groups excluding carboxylic acids is 1. The Morgan fingerprint density at radius 1 is 1.14 bits per heavy atom. The van der Waals surface area contributed by atoms with Gasteiger partial charge in [-0.1, -0.05) is 68.7 Å². The number of carboxylic acid groups (broad SMARTS) is 1. The van der Waals surface area contributed by atoms with Crippen LogP contribution in [0.2, 0.25) is 0 Å². The van der Waals surface area contributed by atoms with E-state index in [0.717, 1.165) is 40.9 Å². The summed E-state index contributed by atoms with van der Waals surface area (Å²) in [5.41, 5.74) is 4.44. The molecule has 0 unspecified atom stereocenters. The third kappa shape index (κ3) is 4.39. The average Bonchev–Trinajstić information content (AvgIpc) is 2.83. The number of carbonyl (C=O) groups is 2. The molecular weight excluding hydrogens is 364 g/mol. The van der Waals surface area contributed by atoms with Gasteiger partial charge in [0, 0.05) is 17.7 Å². The zero-order valence-electron chi connectivity index (χ0n) is 17.3. The number of hydrogen-bond acceptors (Lipinski definition) is 3. The monoisotopic (exact) mass is 392 g/mol. The molecule has 1 atom stereocenters. The molecule has 2 aromatic carbocycles. The van der Waals surface area contributed by atoms with Gasteiger partial charge in [0.05, 0.1) is 17.8 Å². The summed E-state index contributed by atoms with van der Waals surface area (Å²) in [6, 6.07) is 15.3. The number of carboxylic acids is 1. The first kappa shape index (κ1) is 20.8. The maximum atomic E-state index is 13.6. The normalized spacial score (nSPS) is 16.4. The highest BCUT2D eigenvalue weighted by atomic mass is 16.4. The van der Waals surface area contributed by atoms with Crippen molar-refractivity contribution < 1.29 is 14.7 Å². The molecule has 0 radical (unpaired) electrons. The van der Waals surface area contributed by atoms with E-state index in [2.05, 4.69) is 13.8 Å². The molecule has 0 fully saturated rings. The summed E-state index contributed by atoms with van der Waals surface area (Å²) in [7, 11) is 0. The Balaban J connectivity index is 2.23. The lowest BCUT2D eigenvalue weighted by atomic mass is 9.93. The van der Waals surface area contributed by atoms with Crippen molar-refractivity contribution in [3.8, 4) is 0 Å². The second-order valence-electron chi connectivity index (χ2n) is 7.52. The van der Waals surface area contributed by atoms with E-state index in [0.29, 0.717) is 0 Å². The molecule has 152 valence electrons. The van der Waals surface area contributed by atoms with Crippen LogP contribution in [0.5, 0.6) is 0 Å². The van der Waals surface area contributed by atoms with E-state index in [1.807, 2.05) is 55.5 Å². The number of aliphatic imine (C=N–C) groups is 1. The van der Waals surface area contributed by atoms with E-state index in [9.17, 15) is 14.7 Å². The number of rotatable bonds is 7. The number of nitrogens with zero attached hydrogens (tertiary/aromatic N) is 2. The minimum atomic E-state index is -0.918. The van der Waals surface area contributed by atoms with Crippen LogP contribution in [-0.4, -0.2) is 35.3 Å². The summed E-state index contributed by atoms with van der Waals surface area (Å²) in [5, 5.41) is 9.22. The number of hydrogen-bond donors (Lipinski definition) is 1. The highest BCUT2D eigenvalue weighted by Crippen LogP contribution is 2.32. The van der Waals surface area contributed by atoms with E-state index >= 15 is 0 Å². The summed E-state index contributed by atoms with van der Waals surface area (Å²) < 4.78 is 0. The van der Waals surface area contributed by atoms with E-state index in [4.69, 9.17) is 4.99 Å². The maximum absolute atomic E-state index is 13.6. The van der Waals surface area contributed by atoms with Gasteiger partial charge in [0.2, 0.25) is 0 Å². The molecule has 1 amide bonds. The van der Waals surface area contributed by atoms with Gasteiger partial charge in [-0.15, -0.1) is 0 Å². The first-order chi connectivity index (χ1) is 14.0. The molecule has 1 aliphatic rings. The van der Waals surface area contributed by atoms with Crippen LogP contribution in [0.3, 0.4) is 0 Å². The Morgan fingerprint density at radius 2 is 1.83 bits per heavy atom. The smallest absolute Gasteiger partial charge is 0.305 e. The van der Waals surface area contributed by atoms with E-state index in [1.54, 1.807) is 4.90 Å². The number of fused-ring (bicyclic) bond motifs is 1. The number of anilines is 1. The predicted molar refractivity (Wildman–Crippen MR) is 116 cm³/mol. The summed E-state index contributed by atoms with van der Waals surface area (Å²) >= 11 is 0. The lowest BCUT2D eigenvalue weighted by Gasteiger charge is -2.27. The summed E-state index contributed by atoms with van der Waals surface area (Å²) in [6.45, 7) is 6.29.